The van der Waals surface area contributed by atoms with Crippen LogP contribution in [0.3, 0.4) is 0 Å². The first-order chi connectivity index (χ1) is 16.1. The summed E-state index contributed by atoms with van der Waals surface area (Å²) in [5.74, 6) is 3.03. The predicted molar refractivity (Wildman–Crippen MR) is 134 cm³/mol. The molecule has 1 aliphatic rings. The molecule has 0 aliphatic carbocycles. The number of rotatable bonds is 8. The average molecular weight is 448 g/mol. The van der Waals surface area contributed by atoms with Crippen molar-refractivity contribution in [3.05, 3.63) is 59.3 Å². The van der Waals surface area contributed by atoms with Crippen molar-refractivity contribution in [1.29, 1.82) is 0 Å². The minimum absolute atomic E-state index is 0.720. The van der Waals surface area contributed by atoms with Gasteiger partial charge in [-0.05, 0) is 80.3 Å². The zero-order valence-corrected chi connectivity index (χ0v) is 20.2. The summed E-state index contributed by atoms with van der Waals surface area (Å²) in [5, 5.41) is 3.47. The van der Waals surface area contributed by atoms with E-state index in [-0.39, 0.29) is 0 Å². The highest BCUT2D eigenvalue weighted by Crippen LogP contribution is 2.34. The SMILES string of the molecule is CCN(CC)c1ccc(Nc2ccnc(N3CCc4cc(OC)c(OC)cc4C3)n2)c(C)c1. The molecule has 0 radical (unpaired) electrons. The molecule has 0 spiro atoms. The largest absolute Gasteiger partial charge is 0.493 e. The molecule has 0 amide bonds. The van der Waals surface area contributed by atoms with Crippen molar-refractivity contribution in [3.8, 4) is 11.5 Å². The second-order valence-electron chi connectivity index (χ2n) is 8.19. The van der Waals surface area contributed by atoms with Crippen LogP contribution in [0.15, 0.2) is 42.6 Å². The molecule has 2 aromatic carbocycles. The number of anilines is 4. The summed E-state index contributed by atoms with van der Waals surface area (Å²) < 4.78 is 10.9. The summed E-state index contributed by atoms with van der Waals surface area (Å²) in [4.78, 5) is 13.9. The van der Waals surface area contributed by atoms with Crippen molar-refractivity contribution >= 4 is 23.1 Å². The Kier molecular flexibility index (Phi) is 6.87. The summed E-state index contributed by atoms with van der Waals surface area (Å²) in [6, 6.07) is 12.6. The topological polar surface area (TPSA) is 62.8 Å². The van der Waals surface area contributed by atoms with Gasteiger partial charge in [-0.2, -0.15) is 4.98 Å². The van der Waals surface area contributed by atoms with E-state index in [2.05, 4.69) is 71.2 Å². The normalized spacial score (nSPS) is 12.8. The average Bonchev–Trinajstić information content (AvgIpc) is 2.85. The maximum absolute atomic E-state index is 5.49. The Morgan fingerprint density at radius 3 is 2.39 bits per heavy atom. The van der Waals surface area contributed by atoms with Crippen LogP contribution < -0.4 is 24.6 Å². The molecule has 0 saturated carbocycles. The lowest BCUT2D eigenvalue weighted by Gasteiger charge is -2.29. The molecule has 33 heavy (non-hydrogen) atoms. The Labute approximate surface area is 196 Å². The number of fused-ring (bicyclic) bond motifs is 1. The minimum Gasteiger partial charge on any atom is -0.493 e. The van der Waals surface area contributed by atoms with E-state index < -0.39 is 0 Å². The van der Waals surface area contributed by atoms with E-state index in [0.717, 1.165) is 61.6 Å². The van der Waals surface area contributed by atoms with Gasteiger partial charge in [0, 0.05) is 43.8 Å². The van der Waals surface area contributed by atoms with Gasteiger partial charge in [-0.25, -0.2) is 4.98 Å². The maximum Gasteiger partial charge on any atom is 0.227 e. The molecule has 1 aromatic heterocycles. The van der Waals surface area contributed by atoms with E-state index in [4.69, 9.17) is 14.5 Å². The standard InChI is InChI=1S/C26H33N5O2/c1-6-30(7-2)21-8-9-22(18(3)14-21)28-25-10-12-27-26(29-25)31-13-11-19-15-23(32-4)24(33-5)16-20(19)17-31/h8-10,12,14-16H,6-7,11,13,17H2,1-5H3,(H,27,28,29). The van der Waals surface area contributed by atoms with Crippen LogP contribution in [0.25, 0.3) is 0 Å². The predicted octanol–water partition coefficient (Wildman–Crippen LogP) is 4.95. The lowest BCUT2D eigenvalue weighted by molar-refractivity contribution is 0.353. The first-order valence-corrected chi connectivity index (χ1v) is 11.5. The molecule has 0 bridgehead atoms. The number of hydrogen-bond acceptors (Lipinski definition) is 7. The summed E-state index contributed by atoms with van der Waals surface area (Å²) in [5.41, 5.74) is 5.97. The fourth-order valence-corrected chi connectivity index (χ4v) is 4.34. The van der Waals surface area contributed by atoms with Crippen molar-refractivity contribution in [1.82, 2.24) is 9.97 Å². The van der Waals surface area contributed by atoms with Crippen LogP contribution in [0.1, 0.15) is 30.5 Å². The molecule has 174 valence electrons. The van der Waals surface area contributed by atoms with Gasteiger partial charge in [0.2, 0.25) is 5.95 Å². The van der Waals surface area contributed by atoms with E-state index in [1.807, 2.05) is 12.3 Å². The zero-order chi connectivity index (χ0) is 23.4. The monoisotopic (exact) mass is 447 g/mol. The van der Waals surface area contributed by atoms with E-state index in [0.29, 0.717) is 0 Å². The van der Waals surface area contributed by atoms with Crippen molar-refractivity contribution in [2.75, 3.05) is 49.0 Å². The summed E-state index contributed by atoms with van der Waals surface area (Å²) in [7, 11) is 3.34. The second kappa shape index (κ2) is 9.98. The highest BCUT2D eigenvalue weighted by atomic mass is 16.5. The fourth-order valence-electron chi connectivity index (χ4n) is 4.34. The molecule has 1 aliphatic heterocycles. The number of methoxy groups -OCH3 is 2. The highest BCUT2D eigenvalue weighted by Gasteiger charge is 2.21. The van der Waals surface area contributed by atoms with Crippen molar-refractivity contribution < 1.29 is 9.47 Å². The second-order valence-corrected chi connectivity index (χ2v) is 8.19. The molecule has 0 atom stereocenters. The van der Waals surface area contributed by atoms with Gasteiger partial charge < -0.3 is 24.6 Å². The van der Waals surface area contributed by atoms with Gasteiger partial charge >= 0.3 is 0 Å². The van der Waals surface area contributed by atoms with Crippen LogP contribution in [0.2, 0.25) is 0 Å². The highest BCUT2D eigenvalue weighted by molar-refractivity contribution is 5.65. The number of nitrogens with one attached hydrogen (secondary N) is 1. The van der Waals surface area contributed by atoms with Crippen LogP contribution in [0, 0.1) is 6.92 Å². The van der Waals surface area contributed by atoms with Gasteiger partial charge in [0.15, 0.2) is 11.5 Å². The van der Waals surface area contributed by atoms with E-state index in [1.165, 1.54) is 22.4 Å². The number of nitrogens with zero attached hydrogens (tertiary/aromatic N) is 4. The molecule has 3 aromatic rings. The van der Waals surface area contributed by atoms with E-state index in [9.17, 15) is 0 Å². The van der Waals surface area contributed by atoms with Gasteiger partial charge in [-0.3, -0.25) is 0 Å². The zero-order valence-electron chi connectivity index (χ0n) is 20.2. The third kappa shape index (κ3) is 4.82. The lowest BCUT2D eigenvalue weighted by atomic mass is 9.99. The molecular formula is C26H33N5O2. The van der Waals surface area contributed by atoms with Crippen molar-refractivity contribution in [3.63, 3.8) is 0 Å². The van der Waals surface area contributed by atoms with Gasteiger partial charge in [0.05, 0.1) is 14.2 Å². The minimum atomic E-state index is 0.720. The Hall–Kier alpha value is -3.48. The number of ether oxygens (including phenoxy) is 2. The van der Waals surface area contributed by atoms with Crippen LogP contribution in [-0.4, -0.2) is 43.8 Å². The molecule has 7 nitrogen and oxygen atoms in total. The molecule has 0 fully saturated rings. The van der Waals surface area contributed by atoms with Gasteiger partial charge in [0.1, 0.15) is 5.82 Å². The van der Waals surface area contributed by atoms with Gasteiger partial charge in [-0.15, -0.1) is 0 Å². The molecule has 2 heterocycles. The Bertz CT molecular complexity index is 1110. The number of hydrogen-bond donors (Lipinski definition) is 1. The first kappa shape index (κ1) is 22.7. The van der Waals surface area contributed by atoms with Crippen LogP contribution in [0.4, 0.5) is 23.1 Å². The van der Waals surface area contributed by atoms with Crippen LogP contribution in [-0.2, 0) is 13.0 Å². The number of aromatic nitrogens is 2. The lowest BCUT2D eigenvalue weighted by Crippen LogP contribution is -2.31. The fraction of sp³-hybridized carbons (Fsp3) is 0.385. The molecule has 7 heteroatoms. The molecule has 4 rings (SSSR count). The number of aryl methyl sites for hydroxylation is 1. The van der Waals surface area contributed by atoms with E-state index in [1.54, 1.807) is 14.2 Å². The van der Waals surface area contributed by atoms with E-state index >= 15 is 0 Å². The Morgan fingerprint density at radius 2 is 1.73 bits per heavy atom. The Balaban J connectivity index is 1.52. The first-order valence-electron chi connectivity index (χ1n) is 11.5. The summed E-state index contributed by atoms with van der Waals surface area (Å²) in [6.45, 7) is 10.1. The quantitative estimate of drug-likeness (QED) is 0.524. The smallest absolute Gasteiger partial charge is 0.227 e. The Morgan fingerprint density at radius 1 is 1.00 bits per heavy atom. The third-order valence-corrected chi connectivity index (χ3v) is 6.25. The summed E-state index contributed by atoms with van der Waals surface area (Å²) in [6.07, 6.45) is 2.72. The number of benzene rings is 2. The molecule has 0 saturated heterocycles. The van der Waals surface area contributed by atoms with Gasteiger partial charge in [0.25, 0.3) is 0 Å². The van der Waals surface area contributed by atoms with Crippen LogP contribution >= 0.6 is 0 Å². The van der Waals surface area contributed by atoms with Crippen molar-refractivity contribution in [2.45, 2.75) is 33.7 Å². The maximum atomic E-state index is 5.49. The van der Waals surface area contributed by atoms with Crippen LogP contribution in [0.5, 0.6) is 11.5 Å². The van der Waals surface area contributed by atoms with Gasteiger partial charge in [-0.1, -0.05) is 0 Å². The molecule has 1 N–H and O–H groups in total. The summed E-state index contributed by atoms with van der Waals surface area (Å²) >= 11 is 0. The third-order valence-electron chi connectivity index (χ3n) is 6.25. The molecule has 0 unspecified atom stereocenters. The van der Waals surface area contributed by atoms with Crippen molar-refractivity contribution in [2.24, 2.45) is 0 Å². The molecular weight excluding hydrogens is 414 g/mol.